The van der Waals surface area contributed by atoms with E-state index in [1.807, 2.05) is 20.8 Å². The number of aromatic nitrogens is 1. The minimum atomic E-state index is -0.269. The largest absolute Gasteiger partial charge is 0.489 e. The summed E-state index contributed by atoms with van der Waals surface area (Å²) in [4.78, 5) is 9.95. The van der Waals surface area contributed by atoms with E-state index in [4.69, 9.17) is 4.74 Å². The van der Waals surface area contributed by atoms with Crippen molar-refractivity contribution in [1.29, 1.82) is 0 Å². The standard InChI is InChI=1S/C18H25FN4OS/c1-12(24-16-7-5-15(19)6-8-16)11-22-18(20-4)21-10-9-17-13(2)23-14(3)25-17/h5-8,12H,9-11H2,1-4H3,(H2,20,21,22). The van der Waals surface area contributed by atoms with Gasteiger partial charge in [-0.15, -0.1) is 11.3 Å². The van der Waals surface area contributed by atoms with Crippen molar-refractivity contribution in [3.8, 4) is 5.75 Å². The molecule has 1 atom stereocenters. The highest BCUT2D eigenvalue weighted by Gasteiger charge is 2.07. The van der Waals surface area contributed by atoms with Crippen molar-refractivity contribution in [1.82, 2.24) is 15.6 Å². The Bertz CT molecular complexity index is 700. The molecule has 0 spiro atoms. The number of aryl methyl sites for hydroxylation is 2. The number of guanidine groups is 1. The Labute approximate surface area is 152 Å². The summed E-state index contributed by atoms with van der Waals surface area (Å²) in [5, 5.41) is 7.63. The Morgan fingerprint density at radius 3 is 2.60 bits per heavy atom. The minimum absolute atomic E-state index is 0.0737. The maximum absolute atomic E-state index is 12.9. The number of thiazole rings is 1. The predicted octanol–water partition coefficient (Wildman–Crippen LogP) is 3.07. The van der Waals surface area contributed by atoms with Crippen LogP contribution in [-0.4, -0.2) is 37.2 Å². The molecule has 5 nitrogen and oxygen atoms in total. The van der Waals surface area contributed by atoms with E-state index >= 15 is 0 Å². The van der Waals surface area contributed by atoms with Crippen LogP contribution in [0, 0.1) is 19.7 Å². The van der Waals surface area contributed by atoms with Gasteiger partial charge in [0.25, 0.3) is 0 Å². The van der Waals surface area contributed by atoms with Crippen molar-refractivity contribution in [3.63, 3.8) is 0 Å². The highest BCUT2D eigenvalue weighted by atomic mass is 32.1. The van der Waals surface area contributed by atoms with Crippen LogP contribution in [0.15, 0.2) is 29.3 Å². The predicted molar refractivity (Wildman–Crippen MR) is 101 cm³/mol. The number of nitrogens with zero attached hydrogens (tertiary/aromatic N) is 2. The van der Waals surface area contributed by atoms with Crippen molar-refractivity contribution in [2.75, 3.05) is 20.1 Å². The first-order chi connectivity index (χ1) is 12.0. The fourth-order valence-corrected chi connectivity index (χ4v) is 3.28. The van der Waals surface area contributed by atoms with E-state index in [9.17, 15) is 4.39 Å². The lowest BCUT2D eigenvalue weighted by atomic mass is 10.3. The lowest BCUT2D eigenvalue weighted by Crippen LogP contribution is -2.42. The molecule has 1 unspecified atom stereocenters. The molecular formula is C18H25FN4OS. The van der Waals surface area contributed by atoms with E-state index in [1.165, 1.54) is 17.0 Å². The van der Waals surface area contributed by atoms with Crippen LogP contribution in [0.3, 0.4) is 0 Å². The van der Waals surface area contributed by atoms with Crippen LogP contribution >= 0.6 is 11.3 Å². The van der Waals surface area contributed by atoms with E-state index in [0.717, 1.165) is 29.6 Å². The Kier molecular flexibility index (Phi) is 7.18. The van der Waals surface area contributed by atoms with Crippen LogP contribution in [0.4, 0.5) is 4.39 Å². The third kappa shape index (κ3) is 6.34. The third-order valence-electron chi connectivity index (χ3n) is 3.58. The van der Waals surface area contributed by atoms with Gasteiger partial charge in [0.1, 0.15) is 17.7 Å². The Balaban J connectivity index is 1.72. The number of nitrogens with one attached hydrogen (secondary N) is 2. The number of hydrogen-bond acceptors (Lipinski definition) is 4. The molecule has 1 heterocycles. The number of aliphatic imine (C=N–C) groups is 1. The molecule has 0 radical (unpaired) electrons. The summed E-state index contributed by atoms with van der Waals surface area (Å²) in [5.74, 6) is 1.11. The van der Waals surface area contributed by atoms with Gasteiger partial charge in [-0.2, -0.15) is 0 Å². The molecule has 2 rings (SSSR count). The SMILES string of the molecule is CN=C(NCCc1sc(C)nc1C)NCC(C)Oc1ccc(F)cc1. The number of benzene rings is 1. The van der Waals surface area contributed by atoms with Gasteiger partial charge in [-0.05, 0) is 45.0 Å². The van der Waals surface area contributed by atoms with Gasteiger partial charge >= 0.3 is 0 Å². The van der Waals surface area contributed by atoms with Crippen LogP contribution in [0.5, 0.6) is 5.75 Å². The summed E-state index contributed by atoms with van der Waals surface area (Å²) in [6.07, 6.45) is 0.843. The van der Waals surface area contributed by atoms with Gasteiger partial charge in [0.2, 0.25) is 0 Å². The molecule has 0 aliphatic heterocycles. The van der Waals surface area contributed by atoms with Crippen LogP contribution in [0.25, 0.3) is 0 Å². The van der Waals surface area contributed by atoms with E-state index in [0.29, 0.717) is 12.3 Å². The van der Waals surface area contributed by atoms with Crippen LogP contribution in [0.1, 0.15) is 22.5 Å². The van der Waals surface area contributed by atoms with Gasteiger partial charge in [-0.25, -0.2) is 9.37 Å². The average molecular weight is 364 g/mol. The Hall–Kier alpha value is -2.15. The molecule has 136 valence electrons. The first-order valence-corrected chi connectivity index (χ1v) is 9.09. The van der Waals surface area contributed by atoms with E-state index in [1.54, 1.807) is 30.5 Å². The number of hydrogen-bond donors (Lipinski definition) is 2. The average Bonchev–Trinajstić information content (AvgIpc) is 2.90. The molecule has 0 amide bonds. The van der Waals surface area contributed by atoms with Crippen LogP contribution < -0.4 is 15.4 Å². The molecule has 2 N–H and O–H groups in total. The monoisotopic (exact) mass is 364 g/mol. The van der Waals surface area contributed by atoms with Gasteiger partial charge in [-0.3, -0.25) is 4.99 Å². The molecule has 0 saturated carbocycles. The number of ether oxygens (including phenoxy) is 1. The summed E-state index contributed by atoms with van der Waals surface area (Å²) in [6, 6.07) is 6.02. The molecule has 25 heavy (non-hydrogen) atoms. The fourth-order valence-electron chi connectivity index (χ4n) is 2.35. The first kappa shape index (κ1) is 19.2. The number of halogens is 1. The summed E-state index contributed by atoms with van der Waals surface area (Å²) in [6.45, 7) is 7.40. The molecular weight excluding hydrogens is 339 g/mol. The van der Waals surface area contributed by atoms with Gasteiger partial charge in [0, 0.05) is 24.9 Å². The smallest absolute Gasteiger partial charge is 0.191 e. The van der Waals surface area contributed by atoms with Crippen molar-refractivity contribution >= 4 is 17.3 Å². The van der Waals surface area contributed by atoms with Crippen molar-refractivity contribution in [2.24, 2.45) is 4.99 Å². The van der Waals surface area contributed by atoms with Crippen molar-refractivity contribution in [3.05, 3.63) is 45.7 Å². The molecule has 0 bridgehead atoms. The molecule has 0 aliphatic rings. The zero-order chi connectivity index (χ0) is 18.2. The van der Waals surface area contributed by atoms with E-state index in [-0.39, 0.29) is 11.9 Å². The Morgan fingerprint density at radius 2 is 2.00 bits per heavy atom. The van der Waals surface area contributed by atoms with Crippen molar-refractivity contribution < 1.29 is 9.13 Å². The highest BCUT2D eigenvalue weighted by molar-refractivity contribution is 7.11. The molecule has 0 aliphatic carbocycles. The third-order valence-corrected chi connectivity index (χ3v) is 4.71. The van der Waals surface area contributed by atoms with Crippen LogP contribution in [0.2, 0.25) is 0 Å². The lowest BCUT2D eigenvalue weighted by molar-refractivity contribution is 0.223. The van der Waals surface area contributed by atoms with Gasteiger partial charge < -0.3 is 15.4 Å². The van der Waals surface area contributed by atoms with Crippen LogP contribution in [-0.2, 0) is 6.42 Å². The fraction of sp³-hybridized carbons (Fsp3) is 0.444. The van der Waals surface area contributed by atoms with Gasteiger partial charge in [0.15, 0.2) is 5.96 Å². The summed E-state index contributed by atoms with van der Waals surface area (Å²) >= 11 is 1.74. The maximum Gasteiger partial charge on any atom is 0.191 e. The molecule has 7 heteroatoms. The van der Waals surface area contributed by atoms with Crippen molar-refractivity contribution in [2.45, 2.75) is 33.3 Å². The first-order valence-electron chi connectivity index (χ1n) is 8.27. The maximum atomic E-state index is 12.9. The zero-order valence-corrected chi connectivity index (χ0v) is 15.9. The van der Waals surface area contributed by atoms with E-state index < -0.39 is 0 Å². The molecule has 0 fully saturated rings. The van der Waals surface area contributed by atoms with Gasteiger partial charge in [-0.1, -0.05) is 0 Å². The zero-order valence-electron chi connectivity index (χ0n) is 15.1. The van der Waals surface area contributed by atoms with Gasteiger partial charge in [0.05, 0.1) is 17.2 Å². The van der Waals surface area contributed by atoms with E-state index in [2.05, 4.69) is 20.6 Å². The quantitative estimate of drug-likeness (QED) is 0.586. The summed E-state index contributed by atoms with van der Waals surface area (Å²) in [5.41, 5.74) is 1.11. The highest BCUT2D eigenvalue weighted by Crippen LogP contribution is 2.17. The molecule has 1 aromatic heterocycles. The normalized spacial score (nSPS) is 12.8. The number of rotatable bonds is 7. The molecule has 1 aromatic carbocycles. The minimum Gasteiger partial charge on any atom is -0.489 e. The topological polar surface area (TPSA) is 58.5 Å². The molecule has 0 saturated heterocycles. The summed E-state index contributed by atoms with van der Waals surface area (Å²) in [7, 11) is 1.74. The summed E-state index contributed by atoms with van der Waals surface area (Å²) < 4.78 is 18.6. The Morgan fingerprint density at radius 1 is 1.28 bits per heavy atom. The lowest BCUT2D eigenvalue weighted by Gasteiger charge is -2.17. The second-order valence-electron chi connectivity index (χ2n) is 5.75. The second kappa shape index (κ2) is 9.36. The molecule has 2 aromatic rings. The second-order valence-corrected chi connectivity index (χ2v) is 7.04.